The summed E-state index contributed by atoms with van der Waals surface area (Å²) in [5, 5.41) is 12.2. The number of hydrogen-bond donors (Lipinski definition) is 2. The van der Waals surface area contributed by atoms with Crippen LogP contribution in [0.4, 0.5) is 10.5 Å². The topological polar surface area (TPSA) is 78.9 Å². The van der Waals surface area contributed by atoms with Crippen molar-refractivity contribution in [3.8, 4) is 0 Å². The van der Waals surface area contributed by atoms with Crippen LogP contribution in [0.2, 0.25) is 0 Å². The second-order valence-corrected chi connectivity index (χ2v) is 8.76. The maximum Gasteiger partial charge on any atom is 0.410 e. The minimum atomic E-state index is -0.544. The molecular formula is C20H29BrN2O4. The number of hydrogen-bond acceptors (Lipinski definition) is 5. The fraction of sp³-hybridized carbons (Fsp3) is 0.600. The molecule has 27 heavy (non-hydrogen) atoms. The molecule has 150 valence electrons. The highest BCUT2D eigenvalue weighted by Crippen LogP contribution is 2.26. The Morgan fingerprint density at radius 1 is 1.37 bits per heavy atom. The first-order chi connectivity index (χ1) is 12.7. The van der Waals surface area contributed by atoms with Crippen molar-refractivity contribution in [1.29, 1.82) is 0 Å². The molecule has 1 atom stereocenters. The van der Waals surface area contributed by atoms with E-state index in [1.807, 2.05) is 39.0 Å². The van der Waals surface area contributed by atoms with Gasteiger partial charge < -0.3 is 20.1 Å². The van der Waals surface area contributed by atoms with Crippen LogP contribution in [-0.2, 0) is 16.0 Å². The molecule has 1 fully saturated rings. The first-order valence-electron chi connectivity index (χ1n) is 9.34. The minimum absolute atomic E-state index is 0.0242. The molecule has 1 saturated heterocycles. The quantitative estimate of drug-likeness (QED) is 0.674. The zero-order valence-electron chi connectivity index (χ0n) is 16.3. The number of anilines is 1. The van der Waals surface area contributed by atoms with E-state index in [2.05, 4.69) is 21.2 Å². The van der Waals surface area contributed by atoms with Gasteiger partial charge in [-0.3, -0.25) is 4.79 Å². The van der Waals surface area contributed by atoms with Gasteiger partial charge in [-0.05, 0) is 57.4 Å². The maximum atomic E-state index is 12.7. The van der Waals surface area contributed by atoms with Crippen LogP contribution >= 0.6 is 15.9 Å². The van der Waals surface area contributed by atoms with E-state index in [9.17, 15) is 9.59 Å². The van der Waals surface area contributed by atoms with Crippen LogP contribution in [0.15, 0.2) is 22.7 Å². The third kappa shape index (κ3) is 6.81. The van der Waals surface area contributed by atoms with E-state index < -0.39 is 5.60 Å². The fourth-order valence-corrected chi connectivity index (χ4v) is 3.64. The third-order valence-corrected chi connectivity index (χ3v) is 4.84. The summed E-state index contributed by atoms with van der Waals surface area (Å²) in [4.78, 5) is 26.8. The first kappa shape index (κ1) is 21.7. The van der Waals surface area contributed by atoms with Gasteiger partial charge in [-0.2, -0.15) is 0 Å². The van der Waals surface area contributed by atoms with Gasteiger partial charge in [-0.1, -0.05) is 15.9 Å². The molecule has 1 aliphatic rings. The minimum Gasteiger partial charge on any atom is -0.444 e. The van der Waals surface area contributed by atoms with Crippen molar-refractivity contribution < 1.29 is 19.4 Å². The van der Waals surface area contributed by atoms with Gasteiger partial charge in [0.05, 0.1) is 6.61 Å². The molecule has 1 aliphatic heterocycles. The van der Waals surface area contributed by atoms with Crippen molar-refractivity contribution in [2.24, 2.45) is 0 Å². The molecule has 1 amide bonds. The zero-order chi connectivity index (χ0) is 20.0. The number of carbonyl (C=O) groups excluding carboxylic acids is 2. The van der Waals surface area contributed by atoms with E-state index in [0.717, 1.165) is 28.6 Å². The van der Waals surface area contributed by atoms with E-state index in [0.29, 0.717) is 19.5 Å². The molecule has 1 aromatic rings. The first-order valence-corrected chi connectivity index (χ1v) is 10.1. The number of carbonyl (C=O) groups is 2. The molecular weight excluding hydrogens is 412 g/mol. The molecule has 2 N–H and O–H groups in total. The number of amides is 1. The molecule has 0 bridgehead atoms. The van der Waals surface area contributed by atoms with Gasteiger partial charge in [0.15, 0.2) is 0 Å². The molecule has 6 nitrogen and oxygen atoms in total. The van der Waals surface area contributed by atoms with Crippen molar-refractivity contribution in [2.75, 3.05) is 25.0 Å². The molecule has 0 spiro atoms. The Hall–Kier alpha value is -1.60. The highest BCUT2D eigenvalue weighted by atomic mass is 79.9. The van der Waals surface area contributed by atoms with Crippen molar-refractivity contribution in [3.05, 3.63) is 28.2 Å². The lowest BCUT2D eigenvalue weighted by Gasteiger charge is -2.28. The van der Waals surface area contributed by atoms with E-state index in [1.54, 1.807) is 4.90 Å². The second kappa shape index (κ2) is 9.55. The van der Waals surface area contributed by atoms with E-state index >= 15 is 0 Å². The van der Waals surface area contributed by atoms with Crippen molar-refractivity contribution >= 4 is 33.5 Å². The van der Waals surface area contributed by atoms with Gasteiger partial charge in [0.2, 0.25) is 0 Å². The monoisotopic (exact) mass is 440 g/mol. The number of halogens is 1. The van der Waals surface area contributed by atoms with Gasteiger partial charge in [-0.15, -0.1) is 0 Å². The van der Waals surface area contributed by atoms with Gasteiger partial charge in [-0.25, -0.2) is 4.79 Å². The Kier molecular flexibility index (Phi) is 7.68. The summed E-state index contributed by atoms with van der Waals surface area (Å²) in [6.45, 7) is 6.61. The zero-order valence-corrected chi connectivity index (χ0v) is 17.8. The number of Topliss-reactive ketones (excluding diaryl/α,β-unsaturated/α-hetero) is 1. The van der Waals surface area contributed by atoms with E-state index in [1.165, 1.54) is 0 Å². The molecule has 0 unspecified atom stereocenters. The Bertz CT molecular complexity index is 672. The Morgan fingerprint density at radius 3 is 2.78 bits per heavy atom. The normalized spacial score (nSPS) is 17.1. The average Bonchev–Trinajstić information content (AvgIpc) is 3.00. The molecule has 0 aliphatic carbocycles. The molecule has 0 saturated carbocycles. The Labute approximate surface area is 169 Å². The highest BCUT2D eigenvalue weighted by molar-refractivity contribution is 9.10. The van der Waals surface area contributed by atoms with Crippen LogP contribution in [0.5, 0.6) is 0 Å². The summed E-state index contributed by atoms with van der Waals surface area (Å²) >= 11 is 3.44. The maximum absolute atomic E-state index is 12.7. The van der Waals surface area contributed by atoms with E-state index in [4.69, 9.17) is 9.84 Å². The number of ether oxygens (including phenoxy) is 1. The van der Waals surface area contributed by atoms with Crippen molar-refractivity contribution in [1.82, 2.24) is 4.90 Å². The SMILES string of the molecule is CC(C)(C)OC(=O)N1CCC[C@@H]1CC(=O)Cc1cc(Br)ccc1NCCO. The number of likely N-dealkylation sites (tertiary alicyclic amines) is 1. The number of nitrogens with zero attached hydrogens (tertiary/aromatic N) is 1. The van der Waals surface area contributed by atoms with E-state index in [-0.39, 0.29) is 30.9 Å². The second-order valence-electron chi connectivity index (χ2n) is 7.84. The number of aliphatic hydroxyl groups is 1. The van der Waals surface area contributed by atoms with Gasteiger partial charge >= 0.3 is 6.09 Å². The van der Waals surface area contributed by atoms with Crippen LogP contribution in [0.3, 0.4) is 0 Å². The standard InChI is InChI=1S/C20H29BrN2O4/c1-20(2,3)27-19(26)23-9-4-5-16(23)13-17(25)12-14-11-15(21)6-7-18(14)22-8-10-24/h6-7,11,16,22,24H,4-5,8-10,12-13H2,1-3H3/t16-/m1/s1. The Balaban J connectivity index is 2.00. The number of aliphatic hydroxyl groups excluding tert-OH is 1. The smallest absolute Gasteiger partial charge is 0.410 e. The molecule has 1 aromatic carbocycles. The lowest BCUT2D eigenvalue weighted by atomic mass is 10.0. The highest BCUT2D eigenvalue weighted by Gasteiger charge is 2.33. The van der Waals surface area contributed by atoms with Crippen LogP contribution in [-0.4, -0.2) is 53.2 Å². The van der Waals surface area contributed by atoms with Crippen LogP contribution in [0.25, 0.3) is 0 Å². The number of nitrogens with one attached hydrogen (secondary N) is 1. The number of benzene rings is 1. The number of ketones is 1. The molecule has 1 heterocycles. The largest absolute Gasteiger partial charge is 0.444 e. The molecule has 0 radical (unpaired) electrons. The summed E-state index contributed by atoms with van der Waals surface area (Å²) in [6, 6.07) is 5.60. The lowest BCUT2D eigenvalue weighted by molar-refractivity contribution is -0.119. The summed E-state index contributed by atoms with van der Waals surface area (Å²) < 4.78 is 6.37. The Morgan fingerprint density at radius 2 is 2.11 bits per heavy atom. The summed E-state index contributed by atoms with van der Waals surface area (Å²) in [6.07, 6.45) is 1.97. The van der Waals surface area contributed by atoms with Crippen molar-refractivity contribution in [3.63, 3.8) is 0 Å². The summed E-state index contributed by atoms with van der Waals surface area (Å²) in [5.74, 6) is 0.0839. The number of rotatable bonds is 7. The summed E-state index contributed by atoms with van der Waals surface area (Å²) in [5.41, 5.74) is 1.18. The van der Waals surface area contributed by atoms with Crippen LogP contribution in [0.1, 0.15) is 45.6 Å². The van der Waals surface area contributed by atoms with Crippen LogP contribution in [0, 0.1) is 0 Å². The average molecular weight is 441 g/mol. The van der Waals surface area contributed by atoms with Crippen molar-refractivity contribution in [2.45, 2.75) is 58.1 Å². The van der Waals surface area contributed by atoms with Gasteiger partial charge in [0.1, 0.15) is 11.4 Å². The van der Waals surface area contributed by atoms with Crippen LogP contribution < -0.4 is 5.32 Å². The molecule has 0 aromatic heterocycles. The van der Waals surface area contributed by atoms with Gasteiger partial charge in [0.25, 0.3) is 0 Å². The summed E-state index contributed by atoms with van der Waals surface area (Å²) in [7, 11) is 0. The predicted molar refractivity (Wildman–Crippen MR) is 109 cm³/mol. The third-order valence-electron chi connectivity index (χ3n) is 4.35. The van der Waals surface area contributed by atoms with Gasteiger partial charge in [0, 0.05) is 42.1 Å². The fourth-order valence-electron chi connectivity index (χ4n) is 3.23. The lowest BCUT2D eigenvalue weighted by Crippen LogP contribution is -2.40. The molecule has 2 rings (SSSR count). The predicted octanol–water partition coefficient (Wildman–Crippen LogP) is 3.75. The molecule has 7 heteroatoms.